The quantitative estimate of drug-likeness (QED) is 0.877. The molecule has 24 heavy (non-hydrogen) atoms. The number of hydrogen-bond acceptors (Lipinski definition) is 4. The molecule has 3 atom stereocenters. The summed E-state index contributed by atoms with van der Waals surface area (Å²) in [6.45, 7) is 1.85. The van der Waals surface area contributed by atoms with Crippen LogP contribution in [0.3, 0.4) is 0 Å². The Balaban J connectivity index is 1.72. The van der Waals surface area contributed by atoms with E-state index >= 15 is 0 Å². The number of benzene rings is 2. The SMILES string of the molecule is CC(c1ccccc1)N1C(=O)[C@H](OC(=O)c2ccccc2)CC1O. The highest BCUT2D eigenvalue weighted by molar-refractivity contribution is 5.93. The number of esters is 1. The predicted molar refractivity (Wildman–Crippen MR) is 88.0 cm³/mol. The molecule has 2 unspecified atom stereocenters. The lowest BCUT2D eigenvalue weighted by Gasteiger charge is -2.28. The van der Waals surface area contributed by atoms with Gasteiger partial charge in [0, 0.05) is 6.42 Å². The molecule has 0 aliphatic carbocycles. The van der Waals surface area contributed by atoms with Crippen LogP contribution in [0.1, 0.15) is 35.3 Å². The maximum absolute atomic E-state index is 12.6. The van der Waals surface area contributed by atoms with Crippen molar-refractivity contribution < 1.29 is 19.4 Å². The minimum absolute atomic E-state index is 0.0780. The van der Waals surface area contributed by atoms with E-state index in [0.29, 0.717) is 5.56 Å². The number of carbonyl (C=O) groups is 2. The number of likely N-dealkylation sites (tertiary alicyclic amines) is 1. The van der Waals surface area contributed by atoms with Crippen molar-refractivity contribution in [1.29, 1.82) is 0 Å². The summed E-state index contributed by atoms with van der Waals surface area (Å²) in [4.78, 5) is 26.1. The molecule has 0 aromatic heterocycles. The van der Waals surface area contributed by atoms with Gasteiger partial charge in [-0.3, -0.25) is 4.79 Å². The molecular weight excluding hydrogens is 306 g/mol. The minimum atomic E-state index is -0.971. The van der Waals surface area contributed by atoms with Crippen LogP contribution in [0.2, 0.25) is 0 Å². The Kier molecular flexibility index (Phi) is 4.62. The first-order valence-electron chi connectivity index (χ1n) is 7.89. The fourth-order valence-corrected chi connectivity index (χ4v) is 2.93. The van der Waals surface area contributed by atoms with E-state index in [1.165, 1.54) is 4.90 Å². The average molecular weight is 325 g/mol. The summed E-state index contributed by atoms with van der Waals surface area (Å²) in [6, 6.07) is 17.7. The van der Waals surface area contributed by atoms with E-state index in [0.717, 1.165) is 5.56 Å². The van der Waals surface area contributed by atoms with E-state index in [4.69, 9.17) is 4.74 Å². The lowest BCUT2D eigenvalue weighted by molar-refractivity contribution is -0.141. The highest BCUT2D eigenvalue weighted by atomic mass is 16.6. The molecule has 0 bridgehead atoms. The fourth-order valence-electron chi connectivity index (χ4n) is 2.93. The molecule has 124 valence electrons. The van der Waals surface area contributed by atoms with Crippen LogP contribution in [0.25, 0.3) is 0 Å². The second-order valence-electron chi connectivity index (χ2n) is 5.81. The van der Waals surface area contributed by atoms with Crippen molar-refractivity contribution in [2.75, 3.05) is 0 Å². The number of carbonyl (C=O) groups excluding carboxylic acids is 2. The van der Waals surface area contributed by atoms with Crippen LogP contribution in [0.5, 0.6) is 0 Å². The van der Waals surface area contributed by atoms with Crippen molar-refractivity contribution in [2.24, 2.45) is 0 Å². The topological polar surface area (TPSA) is 66.8 Å². The molecule has 0 spiro atoms. The molecule has 2 aromatic rings. The van der Waals surface area contributed by atoms with Crippen molar-refractivity contribution in [3.8, 4) is 0 Å². The zero-order valence-electron chi connectivity index (χ0n) is 13.3. The monoisotopic (exact) mass is 325 g/mol. The Labute approximate surface area is 140 Å². The number of amides is 1. The van der Waals surface area contributed by atoms with Crippen molar-refractivity contribution >= 4 is 11.9 Å². The van der Waals surface area contributed by atoms with Crippen LogP contribution in [0.15, 0.2) is 60.7 Å². The number of hydrogen-bond donors (Lipinski definition) is 1. The largest absolute Gasteiger partial charge is 0.448 e. The molecule has 1 aliphatic rings. The number of nitrogens with zero attached hydrogens (tertiary/aromatic N) is 1. The third kappa shape index (κ3) is 3.16. The van der Waals surface area contributed by atoms with Gasteiger partial charge >= 0.3 is 5.97 Å². The molecule has 3 rings (SSSR count). The maximum Gasteiger partial charge on any atom is 0.338 e. The van der Waals surface area contributed by atoms with Gasteiger partial charge in [-0.1, -0.05) is 48.5 Å². The summed E-state index contributed by atoms with van der Waals surface area (Å²) < 4.78 is 5.31. The van der Waals surface area contributed by atoms with Gasteiger partial charge < -0.3 is 14.7 Å². The fraction of sp³-hybridized carbons (Fsp3) is 0.263. The van der Waals surface area contributed by atoms with Crippen molar-refractivity contribution in [1.82, 2.24) is 4.90 Å². The number of aliphatic hydroxyl groups is 1. The molecule has 0 saturated carbocycles. The highest BCUT2D eigenvalue weighted by Gasteiger charge is 2.43. The van der Waals surface area contributed by atoms with E-state index < -0.39 is 18.3 Å². The summed E-state index contributed by atoms with van der Waals surface area (Å²) >= 11 is 0. The summed E-state index contributed by atoms with van der Waals surface area (Å²) in [5, 5.41) is 10.3. The minimum Gasteiger partial charge on any atom is -0.448 e. The van der Waals surface area contributed by atoms with Crippen LogP contribution in [-0.2, 0) is 9.53 Å². The van der Waals surface area contributed by atoms with E-state index in [9.17, 15) is 14.7 Å². The third-order valence-electron chi connectivity index (χ3n) is 4.23. The van der Waals surface area contributed by atoms with Gasteiger partial charge in [0.15, 0.2) is 6.10 Å². The molecule has 1 saturated heterocycles. The first-order chi connectivity index (χ1) is 11.6. The van der Waals surface area contributed by atoms with Crippen LogP contribution in [0, 0.1) is 0 Å². The Hall–Kier alpha value is -2.66. The van der Waals surface area contributed by atoms with Crippen LogP contribution < -0.4 is 0 Å². The molecule has 1 fully saturated rings. The van der Waals surface area contributed by atoms with E-state index in [1.54, 1.807) is 30.3 Å². The van der Waals surface area contributed by atoms with Gasteiger partial charge in [0.2, 0.25) is 0 Å². The summed E-state index contributed by atoms with van der Waals surface area (Å²) in [7, 11) is 0. The molecule has 1 N–H and O–H groups in total. The van der Waals surface area contributed by atoms with E-state index in [1.807, 2.05) is 37.3 Å². The Morgan fingerprint density at radius 2 is 1.71 bits per heavy atom. The Bertz CT molecular complexity index is 717. The van der Waals surface area contributed by atoms with Gasteiger partial charge in [0.05, 0.1) is 11.6 Å². The zero-order valence-corrected chi connectivity index (χ0v) is 13.3. The molecular formula is C19H19NO4. The lowest BCUT2D eigenvalue weighted by Crippen LogP contribution is -2.37. The normalized spacial score (nSPS) is 21.6. The Morgan fingerprint density at radius 3 is 2.33 bits per heavy atom. The molecule has 5 heteroatoms. The molecule has 1 aliphatic heterocycles. The van der Waals surface area contributed by atoms with Gasteiger partial charge in [0.25, 0.3) is 5.91 Å². The number of ether oxygens (including phenoxy) is 1. The Morgan fingerprint density at radius 1 is 1.12 bits per heavy atom. The second kappa shape index (κ2) is 6.84. The highest BCUT2D eigenvalue weighted by Crippen LogP contribution is 2.30. The molecule has 2 aromatic carbocycles. The van der Waals surface area contributed by atoms with E-state index in [-0.39, 0.29) is 18.4 Å². The van der Waals surface area contributed by atoms with Gasteiger partial charge in [-0.2, -0.15) is 0 Å². The number of rotatable bonds is 4. The maximum atomic E-state index is 12.6. The van der Waals surface area contributed by atoms with Gasteiger partial charge in [-0.05, 0) is 24.6 Å². The molecule has 5 nitrogen and oxygen atoms in total. The van der Waals surface area contributed by atoms with Crippen molar-refractivity contribution in [3.05, 3.63) is 71.8 Å². The summed E-state index contributed by atoms with van der Waals surface area (Å²) in [5.74, 6) is -0.932. The van der Waals surface area contributed by atoms with Crippen LogP contribution in [0.4, 0.5) is 0 Å². The van der Waals surface area contributed by atoms with Gasteiger partial charge in [0.1, 0.15) is 6.23 Å². The van der Waals surface area contributed by atoms with Gasteiger partial charge in [-0.15, -0.1) is 0 Å². The van der Waals surface area contributed by atoms with Crippen LogP contribution >= 0.6 is 0 Å². The van der Waals surface area contributed by atoms with Crippen molar-refractivity contribution in [3.63, 3.8) is 0 Å². The first kappa shape index (κ1) is 16.2. The van der Waals surface area contributed by atoms with Gasteiger partial charge in [-0.25, -0.2) is 4.79 Å². The van der Waals surface area contributed by atoms with Crippen molar-refractivity contribution in [2.45, 2.75) is 31.7 Å². The third-order valence-corrected chi connectivity index (χ3v) is 4.23. The van der Waals surface area contributed by atoms with Crippen LogP contribution in [-0.4, -0.2) is 34.2 Å². The molecule has 1 amide bonds. The average Bonchev–Trinajstić information content (AvgIpc) is 2.89. The van der Waals surface area contributed by atoms with E-state index in [2.05, 4.69) is 0 Å². The summed E-state index contributed by atoms with van der Waals surface area (Å²) in [6.07, 6.45) is -1.85. The smallest absolute Gasteiger partial charge is 0.338 e. The lowest BCUT2D eigenvalue weighted by atomic mass is 10.1. The summed E-state index contributed by atoms with van der Waals surface area (Å²) in [5.41, 5.74) is 1.30. The molecule has 1 heterocycles. The molecule has 0 radical (unpaired) electrons. The first-order valence-corrected chi connectivity index (χ1v) is 7.89. The second-order valence-corrected chi connectivity index (χ2v) is 5.81. The zero-order chi connectivity index (χ0) is 17.1. The number of aliphatic hydroxyl groups excluding tert-OH is 1. The predicted octanol–water partition coefficient (Wildman–Crippen LogP) is 2.52. The standard InChI is InChI=1S/C19H19NO4/c1-13(14-8-4-2-5-9-14)20-17(21)12-16(18(20)22)24-19(23)15-10-6-3-7-11-15/h2-11,13,16-17,21H,12H2,1H3/t13?,16-,17?/m1/s1.